The Labute approximate surface area is 82.2 Å². The smallest absolute Gasteiger partial charge is 0.0893 e. The van der Waals surface area contributed by atoms with E-state index in [0.717, 1.165) is 18.7 Å². The van der Waals surface area contributed by atoms with E-state index in [4.69, 9.17) is 5.11 Å². The number of aliphatic hydroxyl groups excluding tert-OH is 1. The Bertz CT molecular complexity index is 225. The van der Waals surface area contributed by atoms with E-state index in [1.165, 1.54) is 11.5 Å². The first-order valence-corrected chi connectivity index (χ1v) is 5.19. The molecule has 0 aliphatic heterocycles. The van der Waals surface area contributed by atoms with Gasteiger partial charge >= 0.3 is 0 Å². The highest BCUT2D eigenvalue weighted by molar-refractivity contribution is 7.03. The fraction of sp³-hybridized carbons (Fsp3) is 0.750. The first-order chi connectivity index (χ1) is 6.18. The molecule has 74 valence electrons. The van der Waals surface area contributed by atoms with Gasteiger partial charge in [-0.05, 0) is 31.8 Å². The number of hydrogen-bond donors (Lipinski definition) is 2. The number of nitrogens with one attached hydrogen (secondary N) is 1. The summed E-state index contributed by atoms with van der Waals surface area (Å²) in [5.41, 5.74) is 0.961. The van der Waals surface area contributed by atoms with Crippen LogP contribution in [0.5, 0.6) is 0 Å². The molecule has 2 unspecified atom stereocenters. The summed E-state index contributed by atoms with van der Waals surface area (Å²) < 4.78 is 3.76. The molecule has 0 radical (unpaired) electrons. The predicted octanol–water partition coefficient (Wildman–Crippen LogP) is 0.787. The van der Waals surface area contributed by atoms with Crippen molar-refractivity contribution in [1.29, 1.82) is 0 Å². The lowest BCUT2D eigenvalue weighted by Crippen LogP contribution is -2.28. The zero-order valence-corrected chi connectivity index (χ0v) is 8.71. The third-order valence-electron chi connectivity index (χ3n) is 1.73. The van der Waals surface area contributed by atoms with E-state index in [1.807, 2.05) is 12.3 Å². The van der Waals surface area contributed by atoms with Crippen LogP contribution in [0.25, 0.3) is 0 Å². The second kappa shape index (κ2) is 5.26. The van der Waals surface area contributed by atoms with Crippen LogP contribution in [0, 0.1) is 0 Å². The normalized spacial score (nSPS) is 15.6. The standard InChI is InChI=1S/C8H15N3OS/c1-6(3-7(2)12)9-4-8-5-13-11-10-8/h5-7,9,12H,3-4H2,1-2H3. The van der Waals surface area contributed by atoms with Crippen LogP contribution >= 0.6 is 11.5 Å². The fourth-order valence-electron chi connectivity index (χ4n) is 1.13. The molecule has 2 atom stereocenters. The van der Waals surface area contributed by atoms with Gasteiger partial charge < -0.3 is 10.4 Å². The molecule has 0 saturated heterocycles. The molecule has 5 heteroatoms. The lowest BCUT2D eigenvalue weighted by Gasteiger charge is -2.13. The largest absolute Gasteiger partial charge is 0.393 e. The number of aromatic nitrogens is 2. The molecule has 0 spiro atoms. The van der Waals surface area contributed by atoms with Crippen LogP contribution in [0.3, 0.4) is 0 Å². The van der Waals surface area contributed by atoms with Gasteiger partial charge in [-0.2, -0.15) is 0 Å². The van der Waals surface area contributed by atoms with Crippen molar-refractivity contribution in [3.8, 4) is 0 Å². The quantitative estimate of drug-likeness (QED) is 0.739. The molecule has 1 aromatic rings. The number of hydrogen-bond acceptors (Lipinski definition) is 5. The molecule has 2 N–H and O–H groups in total. The Hall–Kier alpha value is -0.520. The molecule has 0 aliphatic rings. The highest BCUT2D eigenvalue weighted by atomic mass is 32.1. The van der Waals surface area contributed by atoms with Gasteiger partial charge in [-0.25, -0.2) is 0 Å². The van der Waals surface area contributed by atoms with Crippen LogP contribution in [-0.4, -0.2) is 26.8 Å². The molecule has 1 rings (SSSR count). The van der Waals surface area contributed by atoms with Crippen molar-refractivity contribution in [2.45, 2.75) is 39.0 Å². The van der Waals surface area contributed by atoms with Gasteiger partial charge in [-0.1, -0.05) is 4.49 Å². The summed E-state index contributed by atoms with van der Waals surface area (Å²) in [4.78, 5) is 0. The van der Waals surface area contributed by atoms with Gasteiger partial charge in [0.1, 0.15) is 0 Å². The monoisotopic (exact) mass is 201 g/mol. The second-order valence-electron chi connectivity index (χ2n) is 3.26. The van der Waals surface area contributed by atoms with E-state index in [9.17, 15) is 0 Å². The molecule has 13 heavy (non-hydrogen) atoms. The number of rotatable bonds is 5. The van der Waals surface area contributed by atoms with Crippen molar-refractivity contribution >= 4 is 11.5 Å². The minimum Gasteiger partial charge on any atom is -0.393 e. The molecular formula is C8H15N3OS. The van der Waals surface area contributed by atoms with Crippen molar-refractivity contribution in [3.05, 3.63) is 11.1 Å². The molecule has 0 aromatic carbocycles. The Kier molecular flexibility index (Phi) is 4.27. The van der Waals surface area contributed by atoms with E-state index >= 15 is 0 Å². The minimum atomic E-state index is -0.254. The Morgan fingerprint density at radius 2 is 2.38 bits per heavy atom. The third kappa shape index (κ3) is 4.31. The van der Waals surface area contributed by atoms with E-state index in [0.29, 0.717) is 6.04 Å². The lowest BCUT2D eigenvalue weighted by atomic mass is 10.1. The maximum absolute atomic E-state index is 9.11. The third-order valence-corrected chi connectivity index (χ3v) is 2.28. The summed E-state index contributed by atoms with van der Waals surface area (Å²) in [6.07, 6.45) is 0.508. The van der Waals surface area contributed by atoms with E-state index in [-0.39, 0.29) is 6.10 Å². The van der Waals surface area contributed by atoms with Crippen LogP contribution in [0.1, 0.15) is 26.0 Å². The van der Waals surface area contributed by atoms with Crippen molar-refractivity contribution < 1.29 is 5.11 Å². The molecule has 0 bridgehead atoms. The maximum Gasteiger partial charge on any atom is 0.0893 e. The van der Waals surface area contributed by atoms with Gasteiger partial charge in [0.05, 0.1) is 11.8 Å². The van der Waals surface area contributed by atoms with Crippen LogP contribution in [0.15, 0.2) is 5.38 Å². The average molecular weight is 201 g/mol. The van der Waals surface area contributed by atoms with E-state index in [1.54, 1.807) is 6.92 Å². The van der Waals surface area contributed by atoms with Crippen molar-refractivity contribution in [2.75, 3.05) is 0 Å². The summed E-state index contributed by atoms with van der Waals surface area (Å²) in [6, 6.07) is 0.307. The lowest BCUT2D eigenvalue weighted by molar-refractivity contribution is 0.170. The zero-order chi connectivity index (χ0) is 9.68. The maximum atomic E-state index is 9.11. The predicted molar refractivity (Wildman–Crippen MR) is 52.5 cm³/mol. The number of nitrogens with zero attached hydrogens (tertiary/aromatic N) is 2. The molecular weight excluding hydrogens is 186 g/mol. The van der Waals surface area contributed by atoms with Crippen molar-refractivity contribution in [1.82, 2.24) is 14.9 Å². The van der Waals surface area contributed by atoms with Gasteiger partial charge in [-0.15, -0.1) is 5.10 Å². The summed E-state index contributed by atoms with van der Waals surface area (Å²) in [6.45, 7) is 4.57. The van der Waals surface area contributed by atoms with Gasteiger partial charge in [0.15, 0.2) is 0 Å². The summed E-state index contributed by atoms with van der Waals surface area (Å²) >= 11 is 1.35. The zero-order valence-electron chi connectivity index (χ0n) is 7.90. The van der Waals surface area contributed by atoms with Crippen molar-refractivity contribution in [3.63, 3.8) is 0 Å². The molecule has 1 aromatic heterocycles. The second-order valence-corrected chi connectivity index (χ2v) is 3.87. The van der Waals surface area contributed by atoms with Crippen LogP contribution in [0.4, 0.5) is 0 Å². The highest BCUT2D eigenvalue weighted by Crippen LogP contribution is 2.00. The van der Waals surface area contributed by atoms with Crippen LogP contribution < -0.4 is 5.32 Å². The molecule has 0 saturated carbocycles. The number of aliphatic hydroxyl groups is 1. The van der Waals surface area contributed by atoms with Crippen LogP contribution in [0.2, 0.25) is 0 Å². The summed E-state index contributed by atoms with van der Waals surface area (Å²) in [7, 11) is 0. The molecule has 1 heterocycles. The van der Waals surface area contributed by atoms with Gasteiger partial charge in [0, 0.05) is 18.0 Å². The molecule has 0 amide bonds. The van der Waals surface area contributed by atoms with Gasteiger partial charge in [0.2, 0.25) is 0 Å². The average Bonchev–Trinajstić information content (AvgIpc) is 2.51. The Balaban J connectivity index is 2.19. The Morgan fingerprint density at radius 1 is 1.62 bits per heavy atom. The van der Waals surface area contributed by atoms with Gasteiger partial charge in [-0.3, -0.25) is 0 Å². The van der Waals surface area contributed by atoms with Gasteiger partial charge in [0.25, 0.3) is 0 Å². The SMILES string of the molecule is CC(O)CC(C)NCc1csnn1. The molecule has 0 fully saturated rings. The van der Waals surface area contributed by atoms with E-state index < -0.39 is 0 Å². The first kappa shape index (κ1) is 10.6. The summed E-state index contributed by atoms with van der Waals surface area (Å²) in [5, 5.41) is 18.2. The van der Waals surface area contributed by atoms with E-state index in [2.05, 4.69) is 14.9 Å². The van der Waals surface area contributed by atoms with Crippen molar-refractivity contribution in [2.24, 2.45) is 0 Å². The highest BCUT2D eigenvalue weighted by Gasteiger charge is 2.05. The summed E-state index contributed by atoms with van der Waals surface area (Å²) in [5.74, 6) is 0. The molecule has 0 aliphatic carbocycles. The Morgan fingerprint density at radius 3 is 2.92 bits per heavy atom. The first-order valence-electron chi connectivity index (χ1n) is 4.36. The molecule has 4 nitrogen and oxygen atoms in total. The van der Waals surface area contributed by atoms with Crippen LogP contribution in [-0.2, 0) is 6.54 Å². The fourth-order valence-corrected chi connectivity index (χ4v) is 1.59. The topological polar surface area (TPSA) is 58.0 Å². The minimum absolute atomic E-state index is 0.254.